The van der Waals surface area contributed by atoms with Crippen molar-refractivity contribution in [1.82, 2.24) is 5.32 Å². The standard InChI is InChI=1S/C21H21FN2O4/c1-13-17-10-15(22)6-9-18(17)28-20(13)21(26)27-12-19(25)23-11-14-4-7-16(8-5-14)24(2)3/h4-10H,11-12H2,1-3H3,(H,23,25). The number of nitrogens with one attached hydrogen (secondary N) is 1. The minimum absolute atomic E-state index is 0.0346. The Balaban J connectivity index is 1.54. The van der Waals surface area contributed by atoms with E-state index in [1.807, 2.05) is 43.3 Å². The second kappa shape index (κ2) is 8.12. The van der Waals surface area contributed by atoms with Crippen molar-refractivity contribution in [3.05, 3.63) is 65.2 Å². The van der Waals surface area contributed by atoms with Crippen LogP contribution < -0.4 is 10.2 Å². The molecule has 0 aliphatic carbocycles. The monoisotopic (exact) mass is 384 g/mol. The zero-order valence-corrected chi connectivity index (χ0v) is 15.9. The number of amides is 1. The summed E-state index contributed by atoms with van der Waals surface area (Å²) in [7, 11) is 3.90. The van der Waals surface area contributed by atoms with Crippen molar-refractivity contribution in [3.8, 4) is 0 Å². The number of hydrogen-bond acceptors (Lipinski definition) is 5. The quantitative estimate of drug-likeness (QED) is 0.660. The summed E-state index contributed by atoms with van der Waals surface area (Å²) < 4.78 is 23.8. The molecule has 28 heavy (non-hydrogen) atoms. The highest BCUT2D eigenvalue weighted by Crippen LogP contribution is 2.26. The van der Waals surface area contributed by atoms with Gasteiger partial charge in [0.2, 0.25) is 5.76 Å². The lowest BCUT2D eigenvalue weighted by Crippen LogP contribution is -2.28. The molecule has 1 aromatic heterocycles. The van der Waals surface area contributed by atoms with Crippen molar-refractivity contribution in [1.29, 1.82) is 0 Å². The first-order valence-electron chi connectivity index (χ1n) is 8.74. The molecule has 0 atom stereocenters. The highest BCUT2D eigenvalue weighted by molar-refractivity contribution is 5.96. The Bertz CT molecular complexity index is 1010. The molecule has 0 unspecified atom stereocenters. The van der Waals surface area contributed by atoms with Gasteiger partial charge in [-0.2, -0.15) is 0 Å². The topological polar surface area (TPSA) is 71.8 Å². The Morgan fingerprint density at radius 1 is 1.14 bits per heavy atom. The highest BCUT2D eigenvalue weighted by atomic mass is 19.1. The van der Waals surface area contributed by atoms with Crippen LogP contribution >= 0.6 is 0 Å². The average Bonchev–Trinajstić information content (AvgIpc) is 3.01. The van der Waals surface area contributed by atoms with Gasteiger partial charge in [-0.3, -0.25) is 4.79 Å². The summed E-state index contributed by atoms with van der Waals surface area (Å²) in [5.74, 6) is -1.65. The SMILES string of the molecule is Cc1c(C(=O)OCC(=O)NCc2ccc(N(C)C)cc2)oc2ccc(F)cc12. The fourth-order valence-corrected chi connectivity index (χ4v) is 2.75. The van der Waals surface area contributed by atoms with E-state index in [9.17, 15) is 14.0 Å². The molecule has 146 valence electrons. The van der Waals surface area contributed by atoms with Gasteiger partial charge in [-0.15, -0.1) is 0 Å². The van der Waals surface area contributed by atoms with Crippen LogP contribution in [0.5, 0.6) is 0 Å². The van der Waals surface area contributed by atoms with Gasteiger partial charge in [-0.25, -0.2) is 9.18 Å². The van der Waals surface area contributed by atoms with Gasteiger partial charge in [0, 0.05) is 37.3 Å². The van der Waals surface area contributed by atoms with Crippen molar-refractivity contribution >= 4 is 28.5 Å². The molecular weight excluding hydrogens is 363 g/mol. The summed E-state index contributed by atoms with van der Waals surface area (Å²) in [5, 5.41) is 3.19. The lowest BCUT2D eigenvalue weighted by Gasteiger charge is -2.13. The van der Waals surface area contributed by atoms with E-state index in [1.54, 1.807) is 6.92 Å². The van der Waals surface area contributed by atoms with E-state index in [0.717, 1.165) is 11.3 Å². The third kappa shape index (κ3) is 4.31. The van der Waals surface area contributed by atoms with Crippen LogP contribution in [0.3, 0.4) is 0 Å². The Labute approximate surface area is 161 Å². The molecule has 0 saturated carbocycles. The fourth-order valence-electron chi connectivity index (χ4n) is 2.75. The minimum atomic E-state index is -0.764. The van der Waals surface area contributed by atoms with Gasteiger partial charge in [-0.05, 0) is 42.8 Å². The summed E-state index contributed by atoms with van der Waals surface area (Å²) in [6.45, 7) is 1.53. The maximum Gasteiger partial charge on any atom is 0.375 e. The van der Waals surface area contributed by atoms with Crippen molar-refractivity contribution in [3.63, 3.8) is 0 Å². The first-order chi connectivity index (χ1) is 13.3. The number of fused-ring (bicyclic) bond motifs is 1. The lowest BCUT2D eigenvalue weighted by molar-refractivity contribution is -0.124. The van der Waals surface area contributed by atoms with Crippen molar-refractivity contribution < 1.29 is 23.1 Å². The first-order valence-corrected chi connectivity index (χ1v) is 8.74. The number of anilines is 1. The van der Waals surface area contributed by atoms with E-state index in [4.69, 9.17) is 9.15 Å². The molecule has 0 spiro atoms. The van der Waals surface area contributed by atoms with Gasteiger partial charge < -0.3 is 19.4 Å². The van der Waals surface area contributed by atoms with Crippen LogP contribution in [0.2, 0.25) is 0 Å². The van der Waals surface area contributed by atoms with Gasteiger partial charge in [0.25, 0.3) is 5.91 Å². The number of nitrogens with zero attached hydrogens (tertiary/aromatic N) is 1. The molecule has 0 aliphatic rings. The molecule has 0 radical (unpaired) electrons. The summed E-state index contributed by atoms with van der Waals surface area (Å²) >= 11 is 0. The number of benzene rings is 2. The number of esters is 1. The van der Waals surface area contributed by atoms with Crippen LogP contribution in [-0.2, 0) is 16.1 Å². The van der Waals surface area contributed by atoms with Gasteiger partial charge in [0.05, 0.1) is 0 Å². The highest BCUT2D eigenvalue weighted by Gasteiger charge is 2.20. The summed E-state index contributed by atoms with van der Waals surface area (Å²) in [5.41, 5.74) is 2.85. The van der Waals surface area contributed by atoms with E-state index >= 15 is 0 Å². The Morgan fingerprint density at radius 3 is 2.54 bits per heavy atom. The fraction of sp³-hybridized carbons (Fsp3) is 0.238. The van der Waals surface area contributed by atoms with E-state index in [-0.39, 0.29) is 5.76 Å². The lowest BCUT2D eigenvalue weighted by atomic mass is 10.1. The van der Waals surface area contributed by atoms with Gasteiger partial charge in [-0.1, -0.05) is 12.1 Å². The molecule has 1 heterocycles. The van der Waals surface area contributed by atoms with Crippen LogP contribution in [0.1, 0.15) is 21.7 Å². The average molecular weight is 384 g/mol. The number of carbonyl (C=O) groups is 2. The predicted octanol–water partition coefficient (Wildman–Crippen LogP) is 3.42. The zero-order chi connectivity index (χ0) is 20.3. The molecule has 1 N–H and O–H groups in total. The molecule has 0 bridgehead atoms. The second-order valence-corrected chi connectivity index (χ2v) is 6.61. The predicted molar refractivity (Wildman–Crippen MR) is 104 cm³/mol. The van der Waals surface area contributed by atoms with E-state index in [0.29, 0.717) is 23.1 Å². The molecule has 0 fully saturated rings. The van der Waals surface area contributed by atoms with E-state index < -0.39 is 24.3 Å². The Morgan fingerprint density at radius 2 is 1.86 bits per heavy atom. The molecule has 3 rings (SSSR count). The van der Waals surface area contributed by atoms with Crippen LogP contribution in [0.4, 0.5) is 10.1 Å². The molecular formula is C21H21FN2O4. The largest absolute Gasteiger partial charge is 0.450 e. The maximum atomic E-state index is 13.4. The third-order valence-electron chi connectivity index (χ3n) is 4.36. The van der Waals surface area contributed by atoms with E-state index in [2.05, 4.69) is 5.32 Å². The number of furan rings is 1. The van der Waals surface area contributed by atoms with Crippen molar-refractivity contribution in [2.24, 2.45) is 0 Å². The Hall–Kier alpha value is -3.35. The Kier molecular flexibility index (Phi) is 5.63. The molecule has 2 aromatic carbocycles. The van der Waals surface area contributed by atoms with Gasteiger partial charge in [0.1, 0.15) is 11.4 Å². The smallest absolute Gasteiger partial charge is 0.375 e. The number of hydrogen-bond donors (Lipinski definition) is 1. The van der Waals surface area contributed by atoms with Crippen LogP contribution in [0.25, 0.3) is 11.0 Å². The first kappa shape index (κ1) is 19.4. The number of aryl methyl sites for hydroxylation is 1. The van der Waals surface area contributed by atoms with Crippen LogP contribution in [0.15, 0.2) is 46.9 Å². The number of ether oxygens (including phenoxy) is 1. The summed E-state index contributed by atoms with van der Waals surface area (Å²) in [4.78, 5) is 26.1. The normalized spacial score (nSPS) is 10.7. The molecule has 0 saturated heterocycles. The molecule has 3 aromatic rings. The van der Waals surface area contributed by atoms with Crippen LogP contribution in [-0.4, -0.2) is 32.6 Å². The zero-order valence-electron chi connectivity index (χ0n) is 15.9. The minimum Gasteiger partial charge on any atom is -0.450 e. The summed E-state index contributed by atoms with van der Waals surface area (Å²) in [6.07, 6.45) is 0. The number of carbonyl (C=O) groups excluding carboxylic acids is 2. The van der Waals surface area contributed by atoms with Crippen molar-refractivity contribution in [2.45, 2.75) is 13.5 Å². The summed E-state index contributed by atoms with van der Waals surface area (Å²) in [6, 6.07) is 11.7. The number of rotatable bonds is 6. The molecule has 0 aliphatic heterocycles. The van der Waals surface area contributed by atoms with Gasteiger partial charge >= 0.3 is 5.97 Å². The third-order valence-corrected chi connectivity index (χ3v) is 4.36. The van der Waals surface area contributed by atoms with Crippen LogP contribution in [0, 0.1) is 12.7 Å². The molecule has 7 heteroatoms. The van der Waals surface area contributed by atoms with Gasteiger partial charge in [0.15, 0.2) is 6.61 Å². The molecule has 6 nitrogen and oxygen atoms in total. The van der Waals surface area contributed by atoms with E-state index in [1.165, 1.54) is 18.2 Å². The van der Waals surface area contributed by atoms with Crippen molar-refractivity contribution in [2.75, 3.05) is 25.6 Å². The maximum absolute atomic E-state index is 13.4. The second-order valence-electron chi connectivity index (χ2n) is 6.61. The molecule has 1 amide bonds. The number of halogens is 1.